The second-order valence-corrected chi connectivity index (χ2v) is 2.05. The summed E-state index contributed by atoms with van der Waals surface area (Å²) in [6, 6.07) is -0.131. The quantitative estimate of drug-likeness (QED) is 0.477. The van der Waals surface area contributed by atoms with Gasteiger partial charge < -0.3 is 5.32 Å². The van der Waals surface area contributed by atoms with Crippen molar-refractivity contribution in [2.75, 3.05) is 0 Å². The molecule has 0 spiro atoms. The van der Waals surface area contributed by atoms with Crippen LogP contribution in [0.4, 0.5) is 0 Å². The van der Waals surface area contributed by atoms with Crippen LogP contribution in [0.5, 0.6) is 0 Å². The second kappa shape index (κ2) is 1.76. The van der Waals surface area contributed by atoms with E-state index in [1.807, 2.05) is 0 Å². The summed E-state index contributed by atoms with van der Waals surface area (Å²) in [5, 5.41) is 2.45. The van der Waals surface area contributed by atoms with Crippen LogP contribution >= 0.6 is 0 Å². The lowest BCUT2D eigenvalue weighted by Gasteiger charge is -2.10. The van der Waals surface area contributed by atoms with Gasteiger partial charge in [-0.05, 0) is 6.08 Å². The van der Waals surface area contributed by atoms with Gasteiger partial charge in [0.05, 0.1) is 6.34 Å². The van der Waals surface area contributed by atoms with E-state index in [0.29, 0.717) is 5.71 Å². The number of aliphatic imine (C=N–C) groups is 2. The zero-order valence-electron chi connectivity index (χ0n) is 5.11. The molecule has 2 rings (SSSR count). The largest absolute Gasteiger partial charge is 0.312 e. The number of rotatable bonds is 0. The van der Waals surface area contributed by atoms with Gasteiger partial charge in [0.25, 0.3) is 5.91 Å². The lowest BCUT2D eigenvalue weighted by Crippen LogP contribution is -2.39. The van der Waals surface area contributed by atoms with Gasteiger partial charge >= 0.3 is 0 Å². The van der Waals surface area contributed by atoms with Crippen LogP contribution in [0.1, 0.15) is 0 Å². The monoisotopic (exact) mass is 135 g/mol. The van der Waals surface area contributed by atoms with Crippen molar-refractivity contribution < 1.29 is 4.79 Å². The first-order valence-electron chi connectivity index (χ1n) is 2.95. The second-order valence-electron chi connectivity index (χ2n) is 2.05. The van der Waals surface area contributed by atoms with Crippen molar-refractivity contribution in [2.45, 2.75) is 6.04 Å². The van der Waals surface area contributed by atoms with Crippen LogP contribution in [-0.4, -0.2) is 24.0 Å². The first kappa shape index (κ1) is 5.34. The summed E-state index contributed by atoms with van der Waals surface area (Å²) in [7, 11) is 0. The van der Waals surface area contributed by atoms with E-state index in [-0.39, 0.29) is 11.9 Å². The Morgan fingerprint density at radius 2 is 2.50 bits per heavy atom. The standard InChI is InChI=1S/C6H5N3O/c10-6-5-4(1-2-7-5)8-3-9-6/h1-4H,(H,8,9,10). The molecule has 4 nitrogen and oxygen atoms in total. The highest BCUT2D eigenvalue weighted by atomic mass is 16.2. The Labute approximate surface area is 57.4 Å². The van der Waals surface area contributed by atoms with Crippen molar-refractivity contribution in [3.05, 3.63) is 12.3 Å². The minimum Gasteiger partial charge on any atom is -0.312 e. The highest BCUT2D eigenvalue weighted by Crippen LogP contribution is 2.07. The molecule has 0 fully saturated rings. The maximum absolute atomic E-state index is 10.9. The third kappa shape index (κ3) is 0.586. The molecule has 10 heavy (non-hydrogen) atoms. The van der Waals surface area contributed by atoms with Crippen molar-refractivity contribution in [1.29, 1.82) is 0 Å². The van der Waals surface area contributed by atoms with Crippen molar-refractivity contribution in [3.8, 4) is 0 Å². The smallest absolute Gasteiger partial charge is 0.273 e. The third-order valence-electron chi connectivity index (χ3n) is 1.43. The maximum atomic E-state index is 10.9. The van der Waals surface area contributed by atoms with E-state index in [9.17, 15) is 4.79 Å². The molecule has 0 bridgehead atoms. The van der Waals surface area contributed by atoms with Gasteiger partial charge in [0.2, 0.25) is 0 Å². The molecular weight excluding hydrogens is 130 g/mol. The molecule has 2 heterocycles. The van der Waals surface area contributed by atoms with Crippen molar-refractivity contribution in [2.24, 2.45) is 9.98 Å². The minimum atomic E-state index is -0.148. The van der Waals surface area contributed by atoms with Gasteiger partial charge in [-0.3, -0.25) is 14.8 Å². The van der Waals surface area contributed by atoms with Gasteiger partial charge in [0.15, 0.2) is 0 Å². The average Bonchev–Trinajstić information content (AvgIpc) is 2.36. The van der Waals surface area contributed by atoms with Crippen molar-refractivity contribution in [1.82, 2.24) is 5.32 Å². The van der Waals surface area contributed by atoms with Crippen LogP contribution in [0.15, 0.2) is 22.3 Å². The topological polar surface area (TPSA) is 53.8 Å². The van der Waals surface area contributed by atoms with Crippen LogP contribution in [0.3, 0.4) is 0 Å². The molecule has 2 aliphatic rings. The number of fused-ring (bicyclic) bond motifs is 1. The zero-order valence-corrected chi connectivity index (χ0v) is 5.11. The molecule has 0 radical (unpaired) electrons. The summed E-state index contributed by atoms with van der Waals surface area (Å²) in [5.41, 5.74) is 0.488. The number of hydrogen-bond donors (Lipinski definition) is 1. The molecule has 1 unspecified atom stereocenters. The van der Waals surface area contributed by atoms with Crippen LogP contribution in [0.25, 0.3) is 0 Å². The van der Waals surface area contributed by atoms with Gasteiger partial charge in [-0.15, -0.1) is 0 Å². The SMILES string of the molecule is O=C1NC=NC2C=CN=C12. The van der Waals surface area contributed by atoms with Gasteiger partial charge in [0.1, 0.15) is 11.8 Å². The average molecular weight is 135 g/mol. The predicted molar refractivity (Wildman–Crippen MR) is 37.0 cm³/mol. The molecule has 0 saturated heterocycles. The fourth-order valence-corrected chi connectivity index (χ4v) is 0.936. The van der Waals surface area contributed by atoms with Crippen LogP contribution in [-0.2, 0) is 4.79 Å². The van der Waals surface area contributed by atoms with E-state index in [4.69, 9.17) is 0 Å². The highest BCUT2D eigenvalue weighted by molar-refractivity contribution is 6.44. The van der Waals surface area contributed by atoms with Gasteiger partial charge in [0, 0.05) is 6.20 Å². The van der Waals surface area contributed by atoms with E-state index in [1.165, 1.54) is 6.34 Å². The lowest BCUT2D eigenvalue weighted by atomic mass is 10.2. The number of amides is 1. The Morgan fingerprint density at radius 1 is 1.60 bits per heavy atom. The van der Waals surface area contributed by atoms with E-state index in [2.05, 4.69) is 15.3 Å². The summed E-state index contributed by atoms with van der Waals surface area (Å²) >= 11 is 0. The minimum absolute atomic E-state index is 0.131. The molecule has 0 aromatic carbocycles. The fraction of sp³-hybridized carbons (Fsp3) is 0.167. The first-order valence-corrected chi connectivity index (χ1v) is 2.95. The fourth-order valence-electron chi connectivity index (χ4n) is 0.936. The molecule has 0 aromatic rings. The Hall–Kier alpha value is -1.45. The van der Waals surface area contributed by atoms with Crippen LogP contribution in [0, 0.1) is 0 Å². The van der Waals surface area contributed by atoms with E-state index in [1.54, 1.807) is 12.3 Å². The van der Waals surface area contributed by atoms with E-state index in [0.717, 1.165) is 0 Å². The summed E-state index contributed by atoms with van der Waals surface area (Å²) < 4.78 is 0. The number of carbonyl (C=O) groups is 1. The molecule has 1 atom stereocenters. The van der Waals surface area contributed by atoms with Crippen LogP contribution in [0.2, 0.25) is 0 Å². The molecule has 1 amide bonds. The van der Waals surface area contributed by atoms with Gasteiger partial charge in [-0.2, -0.15) is 0 Å². The van der Waals surface area contributed by atoms with E-state index >= 15 is 0 Å². The van der Waals surface area contributed by atoms with Gasteiger partial charge in [-0.1, -0.05) is 0 Å². The number of hydrogen-bond acceptors (Lipinski definition) is 3. The summed E-state index contributed by atoms with van der Waals surface area (Å²) in [6.45, 7) is 0. The molecule has 2 aliphatic heterocycles. The number of carbonyl (C=O) groups excluding carboxylic acids is 1. The maximum Gasteiger partial charge on any atom is 0.273 e. The normalized spacial score (nSPS) is 27.8. The van der Waals surface area contributed by atoms with Gasteiger partial charge in [-0.25, -0.2) is 0 Å². The number of nitrogens with zero attached hydrogens (tertiary/aromatic N) is 2. The summed E-state index contributed by atoms with van der Waals surface area (Å²) in [5.74, 6) is -0.148. The molecule has 0 aromatic heterocycles. The molecule has 1 N–H and O–H groups in total. The van der Waals surface area contributed by atoms with E-state index < -0.39 is 0 Å². The summed E-state index contributed by atoms with van der Waals surface area (Å²) in [6.07, 6.45) is 4.79. The molecule has 0 aliphatic carbocycles. The molecular formula is C6H5N3O. The van der Waals surface area contributed by atoms with Crippen LogP contribution < -0.4 is 5.32 Å². The lowest BCUT2D eigenvalue weighted by molar-refractivity contribution is -0.113. The van der Waals surface area contributed by atoms with Crippen molar-refractivity contribution in [3.63, 3.8) is 0 Å². The Morgan fingerprint density at radius 3 is 3.30 bits per heavy atom. The highest BCUT2D eigenvalue weighted by Gasteiger charge is 2.24. The first-order chi connectivity index (χ1) is 4.88. The number of nitrogens with one attached hydrogen (secondary N) is 1. The van der Waals surface area contributed by atoms with Crippen molar-refractivity contribution >= 4 is 18.0 Å². The molecule has 4 heteroatoms. The Bertz CT molecular complexity index is 264. The summed E-state index contributed by atoms with van der Waals surface area (Å²) in [4.78, 5) is 18.7. The zero-order chi connectivity index (χ0) is 6.97. The molecule has 0 saturated carbocycles. The Kier molecular flexibility index (Phi) is 0.943. The molecule has 50 valence electrons. The predicted octanol–water partition coefficient (Wildman–Crippen LogP) is -0.519. The Balaban J connectivity index is 2.41. The third-order valence-corrected chi connectivity index (χ3v) is 1.43.